The lowest BCUT2D eigenvalue weighted by molar-refractivity contribution is 1.09. The molecule has 0 fully saturated rings. The van der Waals surface area contributed by atoms with Crippen LogP contribution < -0.4 is 0 Å². The van der Waals surface area contributed by atoms with Crippen LogP contribution in [-0.2, 0) is 0 Å². The molecule has 0 bridgehead atoms. The molecule has 0 heterocycles. The Hall–Kier alpha value is -1.56. The van der Waals surface area contributed by atoms with Gasteiger partial charge in [0.25, 0.3) is 0 Å². The minimum absolute atomic E-state index is 1.17. The molecule has 0 aromatic heterocycles. The van der Waals surface area contributed by atoms with Crippen molar-refractivity contribution in [3.63, 3.8) is 0 Å². The predicted molar refractivity (Wildman–Crippen MR) is 70.0 cm³/mol. The van der Waals surface area contributed by atoms with E-state index >= 15 is 0 Å². The van der Waals surface area contributed by atoms with Gasteiger partial charge in [-0.3, -0.25) is 0 Å². The van der Waals surface area contributed by atoms with Gasteiger partial charge in [-0.15, -0.1) is 0 Å². The molecule has 2 aromatic carbocycles. The average Bonchev–Trinajstić information content (AvgIpc) is 2.29. The van der Waals surface area contributed by atoms with Crippen molar-refractivity contribution in [1.29, 1.82) is 0 Å². The van der Waals surface area contributed by atoms with E-state index in [9.17, 15) is 0 Å². The zero-order valence-corrected chi connectivity index (χ0v) is 9.53. The van der Waals surface area contributed by atoms with Crippen LogP contribution in [0, 0.1) is 0 Å². The topological polar surface area (TPSA) is 0 Å². The standard InChI is InChI=1S/C12H10.C3H8/c1-2-10-7-8-11-5-3-4-6-12(11)9-10;1-3-2/h2-9H,1H2;3H2,1-2H3. The summed E-state index contributed by atoms with van der Waals surface area (Å²) in [5.41, 5.74) is 1.17. The Labute approximate surface area is 92.3 Å². The summed E-state index contributed by atoms with van der Waals surface area (Å²) < 4.78 is 0. The van der Waals surface area contributed by atoms with E-state index < -0.39 is 0 Å². The van der Waals surface area contributed by atoms with E-state index in [1.54, 1.807) is 0 Å². The first-order valence-corrected chi connectivity index (χ1v) is 5.43. The Balaban J connectivity index is 0.000000337. The molecule has 0 radical (unpaired) electrons. The molecule has 78 valence electrons. The first-order valence-electron chi connectivity index (χ1n) is 5.43. The van der Waals surface area contributed by atoms with Gasteiger partial charge < -0.3 is 0 Å². The molecule has 0 aliphatic carbocycles. The van der Waals surface area contributed by atoms with Crippen molar-refractivity contribution in [3.8, 4) is 0 Å². The van der Waals surface area contributed by atoms with Crippen LogP contribution in [0.2, 0.25) is 0 Å². The summed E-state index contributed by atoms with van der Waals surface area (Å²) in [5, 5.41) is 2.55. The molecular weight excluding hydrogens is 180 g/mol. The van der Waals surface area contributed by atoms with Crippen molar-refractivity contribution in [2.45, 2.75) is 20.3 Å². The Morgan fingerprint density at radius 3 is 2.20 bits per heavy atom. The molecule has 0 unspecified atom stereocenters. The Morgan fingerprint density at radius 2 is 1.60 bits per heavy atom. The monoisotopic (exact) mass is 198 g/mol. The Bertz CT molecular complexity index is 427. The van der Waals surface area contributed by atoms with Crippen LogP contribution in [0.15, 0.2) is 49.0 Å². The van der Waals surface area contributed by atoms with Gasteiger partial charge in [0.15, 0.2) is 0 Å². The second-order valence-electron chi connectivity index (χ2n) is 3.52. The molecule has 0 saturated heterocycles. The fraction of sp³-hybridized carbons (Fsp3) is 0.200. The van der Waals surface area contributed by atoms with Gasteiger partial charge in [0.05, 0.1) is 0 Å². The van der Waals surface area contributed by atoms with E-state index in [0.29, 0.717) is 0 Å². The van der Waals surface area contributed by atoms with Crippen LogP contribution in [0.4, 0.5) is 0 Å². The fourth-order valence-electron chi connectivity index (χ4n) is 1.33. The molecule has 0 amide bonds. The van der Waals surface area contributed by atoms with Gasteiger partial charge in [0, 0.05) is 0 Å². The highest BCUT2D eigenvalue weighted by Crippen LogP contribution is 2.15. The quantitative estimate of drug-likeness (QED) is 0.611. The number of hydrogen-bond acceptors (Lipinski definition) is 0. The largest absolute Gasteiger partial charge is 0.0985 e. The van der Waals surface area contributed by atoms with Gasteiger partial charge in [-0.25, -0.2) is 0 Å². The van der Waals surface area contributed by atoms with E-state index in [1.165, 1.54) is 22.8 Å². The predicted octanol–water partition coefficient (Wildman–Crippen LogP) is 4.90. The highest BCUT2D eigenvalue weighted by molar-refractivity contribution is 5.84. The van der Waals surface area contributed by atoms with Crippen molar-refractivity contribution >= 4 is 16.8 Å². The van der Waals surface area contributed by atoms with Crippen molar-refractivity contribution in [1.82, 2.24) is 0 Å². The van der Waals surface area contributed by atoms with E-state index in [0.717, 1.165) is 0 Å². The molecule has 2 aromatic rings. The van der Waals surface area contributed by atoms with Crippen LogP contribution in [0.3, 0.4) is 0 Å². The van der Waals surface area contributed by atoms with Crippen molar-refractivity contribution in [2.75, 3.05) is 0 Å². The van der Waals surface area contributed by atoms with E-state index in [2.05, 4.69) is 62.9 Å². The lowest BCUT2D eigenvalue weighted by Crippen LogP contribution is -1.73. The van der Waals surface area contributed by atoms with Crippen LogP contribution in [-0.4, -0.2) is 0 Å². The minimum atomic E-state index is 1.17. The highest BCUT2D eigenvalue weighted by Gasteiger charge is 1.90. The van der Waals surface area contributed by atoms with Gasteiger partial charge >= 0.3 is 0 Å². The molecule has 0 nitrogen and oxygen atoms in total. The normalized spacial score (nSPS) is 9.20. The maximum absolute atomic E-state index is 3.74. The second kappa shape index (κ2) is 6.02. The van der Waals surface area contributed by atoms with Crippen molar-refractivity contribution < 1.29 is 0 Å². The summed E-state index contributed by atoms with van der Waals surface area (Å²) >= 11 is 0. The van der Waals surface area contributed by atoms with Crippen LogP contribution >= 0.6 is 0 Å². The lowest BCUT2D eigenvalue weighted by atomic mass is 10.1. The van der Waals surface area contributed by atoms with Crippen molar-refractivity contribution in [2.24, 2.45) is 0 Å². The summed E-state index contributed by atoms with van der Waals surface area (Å²) in [6, 6.07) is 14.7. The van der Waals surface area contributed by atoms with E-state index in [4.69, 9.17) is 0 Å². The molecule has 0 spiro atoms. The summed E-state index contributed by atoms with van der Waals surface area (Å²) in [5.74, 6) is 0. The zero-order valence-electron chi connectivity index (χ0n) is 9.53. The number of rotatable bonds is 1. The number of benzene rings is 2. The molecule has 0 aliphatic heterocycles. The van der Waals surface area contributed by atoms with E-state index in [1.807, 2.05) is 6.08 Å². The molecule has 0 heteroatoms. The minimum Gasteiger partial charge on any atom is -0.0985 e. The van der Waals surface area contributed by atoms with Gasteiger partial charge in [-0.1, -0.05) is 69.3 Å². The summed E-state index contributed by atoms with van der Waals surface area (Å²) in [6.07, 6.45) is 3.12. The van der Waals surface area contributed by atoms with Crippen molar-refractivity contribution in [3.05, 3.63) is 54.6 Å². The third-order valence-electron chi connectivity index (χ3n) is 2.01. The summed E-state index contributed by atoms with van der Waals surface area (Å²) in [7, 11) is 0. The van der Waals surface area contributed by atoms with Gasteiger partial charge in [-0.05, 0) is 22.4 Å². The molecule has 0 atom stereocenters. The smallest absolute Gasteiger partial charge is 0.0178 e. The fourth-order valence-corrected chi connectivity index (χ4v) is 1.33. The molecule has 0 N–H and O–H groups in total. The third kappa shape index (κ3) is 3.25. The third-order valence-corrected chi connectivity index (χ3v) is 2.01. The van der Waals surface area contributed by atoms with Gasteiger partial charge in [0.2, 0.25) is 0 Å². The lowest BCUT2D eigenvalue weighted by Gasteiger charge is -1.97. The zero-order chi connectivity index (χ0) is 11.1. The first kappa shape index (κ1) is 11.5. The highest BCUT2D eigenvalue weighted by atomic mass is 14.0. The first-order chi connectivity index (χ1) is 7.31. The van der Waals surface area contributed by atoms with Crippen LogP contribution in [0.5, 0.6) is 0 Å². The molecule has 0 aliphatic rings. The van der Waals surface area contributed by atoms with Crippen LogP contribution in [0.25, 0.3) is 16.8 Å². The van der Waals surface area contributed by atoms with Gasteiger partial charge in [-0.2, -0.15) is 0 Å². The van der Waals surface area contributed by atoms with Gasteiger partial charge in [0.1, 0.15) is 0 Å². The van der Waals surface area contributed by atoms with E-state index in [-0.39, 0.29) is 0 Å². The van der Waals surface area contributed by atoms with Crippen LogP contribution in [0.1, 0.15) is 25.8 Å². The SMILES string of the molecule is C=Cc1ccc2ccccc2c1.CCC. The number of hydrogen-bond donors (Lipinski definition) is 0. The Kier molecular flexibility index (Phi) is 4.62. The second-order valence-corrected chi connectivity index (χ2v) is 3.52. The maximum Gasteiger partial charge on any atom is -0.0178 e. The summed E-state index contributed by atoms with van der Waals surface area (Å²) in [6.45, 7) is 7.99. The summed E-state index contributed by atoms with van der Waals surface area (Å²) in [4.78, 5) is 0. The number of fused-ring (bicyclic) bond motifs is 1. The molecule has 2 rings (SSSR count). The molecule has 0 saturated carbocycles. The maximum atomic E-state index is 3.74. The molecular formula is C15H18. The Morgan fingerprint density at radius 1 is 1.00 bits per heavy atom. The average molecular weight is 198 g/mol. The molecule has 15 heavy (non-hydrogen) atoms.